The number of hydrogen-bond acceptors (Lipinski definition) is 2. The number of ketones is 1. The molecule has 0 saturated carbocycles. The predicted molar refractivity (Wildman–Crippen MR) is 74.9 cm³/mol. The maximum absolute atomic E-state index is 13.5. The predicted octanol–water partition coefficient (Wildman–Crippen LogP) is 3.70. The molecule has 0 N–H and O–H groups in total. The van der Waals surface area contributed by atoms with Crippen molar-refractivity contribution in [3.8, 4) is 0 Å². The molecule has 0 unspecified atom stereocenters. The first-order chi connectivity index (χ1) is 9.06. The van der Waals surface area contributed by atoms with E-state index >= 15 is 0 Å². The van der Waals surface area contributed by atoms with Crippen LogP contribution in [0, 0.1) is 5.82 Å². The molecule has 0 spiro atoms. The second-order valence-corrected chi connectivity index (χ2v) is 5.48. The highest BCUT2D eigenvalue weighted by Gasteiger charge is 2.36. The van der Waals surface area contributed by atoms with Crippen LogP contribution >= 0.6 is 15.9 Å². The topological polar surface area (TPSA) is 37.4 Å². The summed E-state index contributed by atoms with van der Waals surface area (Å²) in [5.74, 6) is -1.56. The molecule has 1 aromatic carbocycles. The van der Waals surface area contributed by atoms with Gasteiger partial charge >= 0.3 is 0 Å². The molecule has 0 aromatic heterocycles. The zero-order valence-corrected chi connectivity index (χ0v) is 12.3. The van der Waals surface area contributed by atoms with Crippen molar-refractivity contribution < 1.29 is 14.0 Å². The molecular formula is C14H15BrFNO2. The van der Waals surface area contributed by atoms with Crippen molar-refractivity contribution >= 4 is 33.3 Å². The molecule has 102 valence electrons. The largest absolute Gasteiger partial charge is 0.305 e. The Morgan fingerprint density at radius 2 is 1.95 bits per heavy atom. The van der Waals surface area contributed by atoms with Gasteiger partial charge in [0.25, 0.3) is 11.7 Å². The maximum atomic E-state index is 13.5. The standard InChI is InChI=1S/C14H15BrFNO2/c1-2-3-4-5-6-17-12-8-11(16)10(15)7-9(12)13(18)14(17)19/h7-8H,2-6H2,1H3. The van der Waals surface area contributed by atoms with Crippen molar-refractivity contribution in [3.05, 3.63) is 28.0 Å². The lowest BCUT2D eigenvalue weighted by Crippen LogP contribution is -2.30. The Balaban J connectivity index is 2.21. The Bertz CT molecular complexity index is 530. The van der Waals surface area contributed by atoms with E-state index in [2.05, 4.69) is 22.9 Å². The first-order valence-corrected chi connectivity index (χ1v) is 7.20. The third-order valence-corrected chi connectivity index (χ3v) is 3.86. The summed E-state index contributed by atoms with van der Waals surface area (Å²) in [6.07, 6.45) is 4.02. The van der Waals surface area contributed by atoms with Crippen LogP contribution in [-0.4, -0.2) is 18.2 Å². The lowest BCUT2D eigenvalue weighted by Gasteiger charge is -2.16. The number of unbranched alkanes of at least 4 members (excludes halogenated alkanes) is 3. The Hall–Kier alpha value is -1.23. The van der Waals surface area contributed by atoms with Gasteiger partial charge in [-0.2, -0.15) is 0 Å². The highest BCUT2D eigenvalue weighted by atomic mass is 79.9. The first-order valence-electron chi connectivity index (χ1n) is 6.41. The lowest BCUT2D eigenvalue weighted by atomic mass is 10.1. The van der Waals surface area contributed by atoms with Crippen molar-refractivity contribution in [3.63, 3.8) is 0 Å². The van der Waals surface area contributed by atoms with E-state index in [1.165, 1.54) is 17.0 Å². The molecule has 5 heteroatoms. The molecule has 2 rings (SSSR count). The molecule has 0 fully saturated rings. The van der Waals surface area contributed by atoms with Crippen LogP contribution in [0.1, 0.15) is 43.0 Å². The number of anilines is 1. The van der Waals surface area contributed by atoms with Gasteiger partial charge in [-0.3, -0.25) is 9.59 Å². The van der Waals surface area contributed by atoms with E-state index in [1.54, 1.807) is 0 Å². The molecule has 1 aromatic rings. The van der Waals surface area contributed by atoms with Gasteiger partial charge in [-0.05, 0) is 34.5 Å². The van der Waals surface area contributed by atoms with Crippen molar-refractivity contribution in [2.75, 3.05) is 11.4 Å². The van der Waals surface area contributed by atoms with Crippen LogP contribution in [0.5, 0.6) is 0 Å². The molecule has 19 heavy (non-hydrogen) atoms. The van der Waals surface area contributed by atoms with Gasteiger partial charge in [0.2, 0.25) is 0 Å². The van der Waals surface area contributed by atoms with Crippen LogP contribution < -0.4 is 4.90 Å². The van der Waals surface area contributed by atoms with E-state index in [0.29, 0.717) is 12.2 Å². The molecule has 0 radical (unpaired) electrons. The molecule has 1 aliphatic rings. The Kier molecular flexibility index (Phi) is 4.34. The summed E-state index contributed by atoms with van der Waals surface area (Å²) in [5.41, 5.74) is 0.681. The molecule has 0 bridgehead atoms. The highest BCUT2D eigenvalue weighted by molar-refractivity contribution is 9.10. The highest BCUT2D eigenvalue weighted by Crippen LogP contribution is 2.33. The minimum absolute atomic E-state index is 0.209. The summed E-state index contributed by atoms with van der Waals surface area (Å²) < 4.78 is 13.8. The fourth-order valence-electron chi connectivity index (χ4n) is 2.21. The van der Waals surface area contributed by atoms with Gasteiger partial charge in [-0.15, -0.1) is 0 Å². The van der Waals surface area contributed by atoms with Crippen molar-refractivity contribution in [1.82, 2.24) is 0 Å². The summed E-state index contributed by atoms with van der Waals surface area (Å²) in [6, 6.07) is 2.64. The van der Waals surface area contributed by atoms with Crippen molar-refractivity contribution in [2.45, 2.75) is 32.6 Å². The van der Waals surface area contributed by atoms with E-state index in [4.69, 9.17) is 0 Å². The molecular weight excluding hydrogens is 313 g/mol. The fourth-order valence-corrected chi connectivity index (χ4v) is 2.55. The number of Topliss-reactive ketones (excluding diaryl/α,β-unsaturated/α-hetero) is 1. The number of rotatable bonds is 5. The number of carbonyl (C=O) groups is 2. The van der Waals surface area contributed by atoms with E-state index in [0.717, 1.165) is 25.7 Å². The van der Waals surface area contributed by atoms with Gasteiger partial charge < -0.3 is 4.90 Å². The van der Waals surface area contributed by atoms with E-state index in [9.17, 15) is 14.0 Å². The summed E-state index contributed by atoms with van der Waals surface area (Å²) in [5, 5.41) is 0. The minimum atomic E-state index is -0.552. The van der Waals surface area contributed by atoms with Crippen LogP contribution in [0.15, 0.2) is 16.6 Å². The average molecular weight is 328 g/mol. The third kappa shape index (κ3) is 2.71. The monoisotopic (exact) mass is 327 g/mol. The summed E-state index contributed by atoms with van der Waals surface area (Å²) in [6.45, 7) is 2.57. The van der Waals surface area contributed by atoms with Gasteiger partial charge in [-0.25, -0.2) is 4.39 Å². The zero-order chi connectivity index (χ0) is 14.0. The van der Waals surface area contributed by atoms with Crippen LogP contribution in [0.3, 0.4) is 0 Å². The Morgan fingerprint density at radius 3 is 2.63 bits per heavy atom. The molecule has 1 amide bonds. The fraction of sp³-hybridized carbons (Fsp3) is 0.429. The number of amides is 1. The summed E-state index contributed by atoms with van der Waals surface area (Å²) in [7, 11) is 0. The molecule has 0 aliphatic carbocycles. The number of carbonyl (C=O) groups excluding carboxylic acids is 2. The van der Waals surface area contributed by atoms with Gasteiger partial charge in [0.05, 0.1) is 15.7 Å². The van der Waals surface area contributed by atoms with E-state index in [1.807, 2.05) is 0 Å². The van der Waals surface area contributed by atoms with Gasteiger partial charge in [0.1, 0.15) is 5.82 Å². The Labute approximate surface area is 119 Å². The van der Waals surface area contributed by atoms with Gasteiger partial charge in [0, 0.05) is 6.54 Å². The van der Waals surface area contributed by atoms with E-state index in [-0.39, 0.29) is 10.0 Å². The lowest BCUT2D eigenvalue weighted by molar-refractivity contribution is -0.114. The minimum Gasteiger partial charge on any atom is -0.305 e. The number of benzene rings is 1. The third-order valence-electron chi connectivity index (χ3n) is 3.25. The van der Waals surface area contributed by atoms with Crippen LogP contribution in [-0.2, 0) is 4.79 Å². The van der Waals surface area contributed by atoms with Crippen LogP contribution in [0.2, 0.25) is 0 Å². The van der Waals surface area contributed by atoms with Gasteiger partial charge in [-0.1, -0.05) is 26.2 Å². The summed E-state index contributed by atoms with van der Waals surface area (Å²) in [4.78, 5) is 25.1. The number of hydrogen-bond donors (Lipinski definition) is 0. The molecule has 0 saturated heterocycles. The Morgan fingerprint density at radius 1 is 1.21 bits per heavy atom. The van der Waals surface area contributed by atoms with Crippen molar-refractivity contribution in [2.24, 2.45) is 0 Å². The normalized spacial score (nSPS) is 14.2. The number of nitrogens with zero attached hydrogens (tertiary/aromatic N) is 1. The SMILES string of the molecule is CCCCCCN1C(=O)C(=O)c2cc(Br)c(F)cc21. The quantitative estimate of drug-likeness (QED) is 0.610. The smallest absolute Gasteiger partial charge is 0.299 e. The van der Waals surface area contributed by atoms with E-state index < -0.39 is 17.5 Å². The zero-order valence-electron chi connectivity index (χ0n) is 10.7. The number of halogens is 2. The molecule has 0 atom stereocenters. The molecule has 3 nitrogen and oxygen atoms in total. The number of fused-ring (bicyclic) bond motifs is 1. The first kappa shape index (κ1) is 14.2. The average Bonchev–Trinajstić information content (AvgIpc) is 2.60. The second kappa shape index (κ2) is 5.82. The van der Waals surface area contributed by atoms with Gasteiger partial charge in [0.15, 0.2) is 0 Å². The van der Waals surface area contributed by atoms with Crippen LogP contribution in [0.25, 0.3) is 0 Å². The van der Waals surface area contributed by atoms with Crippen LogP contribution in [0.4, 0.5) is 10.1 Å². The summed E-state index contributed by atoms with van der Waals surface area (Å²) >= 11 is 3.03. The maximum Gasteiger partial charge on any atom is 0.299 e. The van der Waals surface area contributed by atoms with Crippen molar-refractivity contribution in [1.29, 1.82) is 0 Å². The molecule has 1 aliphatic heterocycles. The molecule has 1 heterocycles. The second-order valence-electron chi connectivity index (χ2n) is 4.63.